The predicted molar refractivity (Wildman–Crippen MR) is 77.6 cm³/mol. The predicted octanol–water partition coefficient (Wildman–Crippen LogP) is -0.566. The lowest BCUT2D eigenvalue weighted by molar-refractivity contribution is -0.119. The summed E-state index contributed by atoms with van der Waals surface area (Å²) in [6.07, 6.45) is 1.61. The molecule has 1 aromatic carbocycles. The van der Waals surface area contributed by atoms with E-state index < -0.39 is 28.4 Å². The van der Waals surface area contributed by atoms with E-state index in [0.717, 1.165) is 18.9 Å². The van der Waals surface area contributed by atoms with Gasteiger partial charge in [0.1, 0.15) is 5.75 Å². The van der Waals surface area contributed by atoms with Crippen molar-refractivity contribution in [1.29, 1.82) is 0 Å². The number of primary amides is 2. The minimum Gasteiger partial charge on any atom is -0.483 e. The Balaban J connectivity index is 2.36. The zero-order chi connectivity index (χ0) is 16.3. The van der Waals surface area contributed by atoms with Crippen molar-refractivity contribution in [3.05, 3.63) is 23.8 Å². The topological polar surface area (TPSA) is 133 Å². The van der Waals surface area contributed by atoms with Crippen LogP contribution in [0.3, 0.4) is 0 Å². The molecular formula is C13H17N3O5S. The second-order valence-corrected chi connectivity index (χ2v) is 6.83. The number of carbonyl (C=O) groups excluding carboxylic acids is 2. The van der Waals surface area contributed by atoms with E-state index in [9.17, 15) is 18.0 Å². The first-order valence-corrected chi connectivity index (χ1v) is 8.11. The summed E-state index contributed by atoms with van der Waals surface area (Å²) in [6, 6.07) is 3.77. The molecule has 1 saturated heterocycles. The number of benzene rings is 1. The summed E-state index contributed by atoms with van der Waals surface area (Å²) in [4.78, 5) is 22.2. The molecule has 0 aliphatic carbocycles. The molecule has 2 amide bonds. The van der Waals surface area contributed by atoms with E-state index in [4.69, 9.17) is 16.2 Å². The van der Waals surface area contributed by atoms with Gasteiger partial charge in [0.25, 0.3) is 11.8 Å². The Morgan fingerprint density at radius 3 is 2.36 bits per heavy atom. The number of hydrogen-bond donors (Lipinski definition) is 2. The van der Waals surface area contributed by atoms with Crippen molar-refractivity contribution in [2.75, 3.05) is 19.7 Å². The molecule has 1 fully saturated rings. The quantitative estimate of drug-likeness (QED) is 0.722. The normalized spacial score (nSPS) is 15.6. The van der Waals surface area contributed by atoms with Gasteiger partial charge >= 0.3 is 0 Å². The summed E-state index contributed by atoms with van der Waals surface area (Å²) in [7, 11) is -3.66. The smallest absolute Gasteiger partial charge is 0.255 e. The van der Waals surface area contributed by atoms with Gasteiger partial charge in [-0.25, -0.2) is 8.42 Å². The van der Waals surface area contributed by atoms with Gasteiger partial charge in [-0.15, -0.1) is 0 Å². The molecule has 22 heavy (non-hydrogen) atoms. The summed E-state index contributed by atoms with van der Waals surface area (Å²) < 4.78 is 31.3. The van der Waals surface area contributed by atoms with Crippen molar-refractivity contribution in [3.63, 3.8) is 0 Å². The standard InChI is InChI=1S/C13H17N3O5S/c14-12(17)8-21-11-4-3-9(7-10(11)13(15)18)22(19,20)16-5-1-2-6-16/h3-4,7H,1-2,5-6,8H2,(H2,14,17)(H2,15,18). The molecule has 2 rings (SSSR count). The maximum Gasteiger partial charge on any atom is 0.255 e. The van der Waals surface area contributed by atoms with Crippen LogP contribution in [-0.2, 0) is 14.8 Å². The highest BCUT2D eigenvalue weighted by Gasteiger charge is 2.28. The first kappa shape index (κ1) is 16.2. The molecule has 0 bridgehead atoms. The zero-order valence-electron chi connectivity index (χ0n) is 11.8. The van der Waals surface area contributed by atoms with Crippen LogP contribution in [0.2, 0.25) is 0 Å². The Labute approximate surface area is 128 Å². The van der Waals surface area contributed by atoms with E-state index in [0.29, 0.717) is 13.1 Å². The van der Waals surface area contributed by atoms with E-state index in [2.05, 4.69) is 0 Å². The first-order chi connectivity index (χ1) is 10.3. The average molecular weight is 327 g/mol. The first-order valence-electron chi connectivity index (χ1n) is 6.67. The van der Waals surface area contributed by atoms with Crippen LogP contribution in [0.25, 0.3) is 0 Å². The maximum absolute atomic E-state index is 12.4. The van der Waals surface area contributed by atoms with Crippen LogP contribution in [0.5, 0.6) is 5.75 Å². The lowest BCUT2D eigenvalue weighted by Gasteiger charge is -2.16. The minimum absolute atomic E-state index is 0.0201. The number of nitrogens with two attached hydrogens (primary N) is 2. The van der Waals surface area contributed by atoms with Crippen molar-refractivity contribution in [2.45, 2.75) is 17.7 Å². The van der Waals surface area contributed by atoms with Crippen LogP contribution in [0.1, 0.15) is 23.2 Å². The highest BCUT2D eigenvalue weighted by atomic mass is 32.2. The molecule has 9 heteroatoms. The Morgan fingerprint density at radius 1 is 1.18 bits per heavy atom. The third-order valence-electron chi connectivity index (χ3n) is 3.29. The van der Waals surface area contributed by atoms with Gasteiger partial charge in [-0.2, -0.15) is 4.31 Å². The van der Waals surface area contributed by atoms with E-state index >= 15 is 0 Å². The van der Waals surface area contributed by atoms with E-state index in [1.807, 2.05) is 0 Å². The van der Waals surface area contributed by atoms with Gasteiger partial charge in [-0.3, -0.25) is 9.59 Å². The Hall–Kier alpha value is -2.13. The molecule has 0 unspecified atom stereocenters. The molecule has 1 heterocycles. The van der Waals surface area contributed by atoms with Crippen LogP contribution < -0.4 is 16.2 Å². The van der Waals surface area contributed by atoms with E-state index in [-0.39, 0.29) is 16.2 Å². The van der Waals surface area contributed by atoms with Crippen LogP contribution in [0.4, 0.5) is 0 Å². The van der Waals surface area contributed by atoms with Gasteiger partial charge in [0, 0.05) is 13.1 Å². The fraction of sp³-hybridized carbons (Fsp3) is 0.385. The van der Waals surface area contributed by atoms with Crippen molar-refractivity contribution in [3.8, 4) is 5.75 Å². The van der Waals surface area contributed by atoms with Crippen molar-refractivity contribution >= 4 is 21.8 Å². The highest BCUT2D eigenvalue weighted by molar-refractivity contribution is 7.89. The molecule has 0 saturated carbocycles. The summed E-state index contributed by atoms with van der Waals surface area (Å²) in [5.74, 6) is -1.55. The van der Waals surface area contributed by atoms with Gasteiger partial charge in [-0.05, 0) is 31.0 Å². The average Bonchev–Trinajstić information content (AvgIpc) is 2.99. The second kappa shape index (κ2) is 6.32. The SMILES string of the molecule is NC(=O)COc1ccc(S(=O)(=O)N2CCCC2)cc1C(N)=O. The van der Waals surface area contributed by atoms with Crippen LogP contribution >= 0.6 is 0 Å². The van der Waals surface area contributed by atoms with Crippen molar-refractivity contribution in [2.24, 2.45) is 11.5 Å². The van der Waals surface area contributed by atoms with Gasteiger partial charge in [0.15, 0.2) is 6.61 Å². The number of hydrogen-bond acceptors (Lipinski definition) is 5. The third kappa shape index (κ3) is 3.37. The summed E-state index contributed by atoms with van der Waals surface area (Å²) in [6.45, 7) is 0.473. The molecule has 0 atom stereocenters. The molecule has 4 N–H and O–H groups in total. The van der Waals surface area contributed by atoms with Gasteiger partial charge in [-0.1, -0.05) is 0 Å². The number of ether oxygens (including phenoxy) is 1. The molecule has 8 nitrogen and oxygen atoms in total. The second-order valence-electron chi connectivity index (χ2n) is 4.89. The molecule has 1 aromatic rings. The number of amides is 2. The van der Waals surface area contributed by atoms with Crippen molar-refractivity contribution in [1.82, 2.24) is 4.31 Å². The maximum atomic E-state index is 12.4. The van der Waals surface area contributed by atoms with Crippen LogP contribution in [0, 0.1) is 0 Å². The fourth-order valence-electron chi connectivity index (χ4n) is 2.21. The molecule has 0 radical (unpaired) electrons. The zero-order valence-corrected chi connectivity index (χ0v) is 12.6. The van der Waals surface area contributed by atoms with Crippen LogP contribution in [0.15, 0.2) is 23.1 Å². The molecule has 0 spiro atoms. The van der Waals surface area contributed by atoms with Crippen LogP contribution in [-0.4, -0.2) is 44.2 Å². The monoisotopic (exact) mass is 327 g/mol. The molecule has 1 aliphatic heterocycles. The highest BCUT2D eigenvalue weighted by Crippen LogP contribution is 2.26. The summed E-state index contributed by atoms with van der Waals surface area (Å²) in [5.41, 5.74) is 10.1. The number of carbonyl (C=O) groups is 2. The third-order valence-corrected chi connectivity index (χ3v) is 5.18. The Morgan fingerprint density at radius 2 is 1.82 bits per heavy atom. The Bertz CT molecular complexity index is 696. The van der Waals surface area contributed by atoms with E-state index in [1.165, 1.54) is 16.4 Å². The molecule has 120 valence electrons. The largest absolute Gasteiger partial charge is 0.483 e. The summed E-state index contributed by atoms with van der Waals surface area (Å²) >= 11 is 0. The lowest BCUT2D eigenvalue weighted by Crippen LogP contribution is -2.28. The lowest BCUT2D eigenvalue weighted by atomic mass is 10.2. The van der Waals surface area contributed by atoms with Gasteiger partial charge in [0.2, 0.25) is 10.0 Å². The van der Waals surface area contributed by atoms with Gasteiger partial charge < -0.3 is 16.2 Å². The van der Waals surface area contributed by atoms with Gasteiger partial charge in [0.05, 0.1) is 10.5 Å². The fourth-order valence-corrected chi connectivity index (χ4v) is 3.76. The Kier molecular flexibility index (Phi) is 4.67. The molecular weight excluding hydrogens is 310 g/mol. The molecule has 0 aromatic heterocycles. The minimum atomic E-state index is -3.66. The number of nitrogens with zero attached hydrogens (tertiary/aromatic N) is 1. The number of rotatable bonds is 6. The number of sulfonamides is 1. The molecule has 1 aliphatic rings. The van der Waals surface area contributed by atoms with E-state index in [1.54, 1.807) is 0 Å². The van der Waals surface area contributed by atoms with Crippen molar-refractivity contribution < 1.29 is 22.7 Å². The summed E-state index contributed by atoms with van der Waals surface area (Å²) in [5, 5.41) is 0.